The Morgan fingerprint density at radius 3 is 2.84 bits per heavy atom. The summed E-state index contributed by atoms with van der Waals surface area (Å²) in [5.74, 6) is 0.208. The molecule has 1 aromatic carbocycles. The second-order valence-electron chi connectivity index (χ2n) is 5.07. The van der Waals surface area contributed by atoms with Crippen molar-refractivity contribution < 1.29 is 13.9 Å². The fraction of sp³-hybridized carbons (Fsp3) is 0.125. The third-order valence-electron chi connectivity index (χ3n) is 3.24. The molecule has 25 heavy (non-hydrogen) atoms. The summed E-state index contributed by atoms with van der Waals surface area (Å²) in [7, 11) is 0. The van der Waals surface area contributed by atoms with E-state index < -0.39 is 11.9 Å². The third-order valence-corrected chi connectivity index (χ3v) is 3.86. The summed E-state index contributed by atoms with van der Waals surface area (Å²) in [4.78, 5) is 20.3. The molecule has 3 aromatic rings. The van der Waals surface area contributed by atoms with Crippen molar-refractivity contribution in [3.63, 3.8) is 0 Å². The first-order chi connectivity index (χ1) is 12.0. The van der Waals surface area contributed by atoms with Crippen molar-refractivity contribution in [2.75, 3.05) is 5.32 Å². The van der Waals surface area contributed by atoms with Gasteiger partial charge in [0, 0.05) is 0 Å². The minimum atomic E-state index is -0.781. The van der Waals surface area contributed by atoms with Crippen LogP contribution in [-0.2, 0) is 4.79 Å². The number of carbonyl (C=O) groups excluding carboxylic acids is 1. The van der Waals surface area contributed by atoms with Crippen LogP contribution in [-0.4, -0.2) is 31.8 Å². The van der Waals surface area contributed by atoms with E-state index in [1.54, 1.807) is 19.1 Å². The monoisotopic (exact) mass is 405 g/mol. The molecule has 2 heterocycles. The fourth-order valence-electron chi connectivity index (χ4n) is 1.98. The highest BCUT2D eigenvalue weighted by molar-refractivity contribution is 9.10. The Balaban J connectivity index is 1.63. The second-order valence-corrected chi connectivity index (χ2v) is 5.92. The summed E-state index contributed by atoms with van der Waals surface area (Å²) >= 11 is 3.20. The van der Waals surface area contributed by atoms with Crippen molar-refractivity contribution in [2.24, 2.45) is 0 Å². The van der Waals surface area contributed by atoms with Gasteiger partial charge in [-0.1, -0.05) is 0 Å². The lowest BCUT2D eigenvalue weighted by Gasteiger charge is -2.15. The van der Waals surface area contributed by atoms with Crippen LogP contribution in [0, 0.1) is 5.82 Å². The SMILES string of the molecule is CC(Oc1ccc(F)cc1Br)C(=O)Nc1ccc(-n2cncn2)nc1. The highest BCUT2D eigenvalue weighted by atomic mass is 79.9. The van der Waals surface area contributed by atoms with E-state index in [4.69, 9.17) is 4.74 Å². The molecule has 0 fully saturated rings. The molecule has 0 aliphatic rings. The van der Waals surface area contributed by atoms with Crippen molar-refractivity contribution in [2.45, 2.75) is 13.0 Å². The highest BCUT2D eigenvalue weighted by Crippen LogP contribution is 2.26. The standard InChI is InChI=1S/C16H13BrFN5O2/c1-10(25-14-4-2-11(18)6-13(14)17)16(24)22-12-3-5-15(20-7-12)23-9-19-8-21-23/h2-10H,1H3,(H,22,24). The van der Waals surface area contributed by atoms with E-state index >= 15 is 0 Å². The lowest BCUT2D eigenvalue weighted by atomic mass is 10.3. The first-order valence-electron chi connectivity index (χ1n) is 7.26. The molecule has 128 valence electrons. The van der Waals surface area contributed by atoms with Crippen LogP contribution in [0.5, 0.6) is 5.75 Å². The first-order valence-corrected chi connectivity index (χ1v) is 8.06. The molecule has 1 N–H and O–H groups in total. The van der Waals surface area contributed by atoms with Gasteiger partial charge in [-0.3, -0.25) is 4.79 Å². The Bertz CT molecular complexity index is 871. The average Bonchev–Trinajstić information content (AvgIpc) is 3.12. The molecular weight excluding hydrogens is 393 g/mol. The van der Waals surface area contributed by atoms with Crippen LogP contribution < -0.4 is 10.1 Å². The van der Waals surface area contributed by atoms with Gasteiger partial charge in [0.15, 0.2) is 11.9 Å². The van der Waals surface area contributed by atoms with Crippen molar-refractivity contribution >= 4 is 27.5 Å². The maximum Gasteiger partial charge on any atom is 0.265 e. The third kappa shape index (κ3) is 4.18. The molecule has 7 nitrogen and oxygen atoms in total. The maximum atomic E-state index is 13.1. The van der Waals surface area contributed by atoms with E-state index in [1.165, 1.54) is 41.7 Å². The van der Waals surface area contributed by atoms with Gasteiger partial charge in [0.1, 0.15) is 24.2 Å². The van der Waals surface area contributed by atoms with Crippen molar-refractivity contribution in [3.05, 3.63) is 59.5 Å². The highest BCUT2D eigenvalue weighted by Gasteiger charge is 2.16. The number of ether oxygens (including phenoxy) is 1. The molecule has 0 aliphatic heterocycles. The van der Waals surface area contributed by atoms with Crippen molar-refractivity contribution in [1.29, 1.82) is 0 Å². The van der Waals surface area contributed by atoms with Gasteiger partial charge >= 0.3 is 0 Å². The van der Waals surface area contributed by atoms with Gasteiger partial charge in [-0.15, -0.1) is 0 Å². The number of carbonyl (C=O) groups is 1. The molecule has 0 aliphatic carbocycles. The van der Waals surface area contributed by atoms with E-state index in [-0.39, 0.29) is 5.91 Å². The predicted molar refractivity (Wildman–Crippen MR) is 92.0 cm³/mol. The first kappa shape index (κ1) is 17.0. The van der Waals surface area contributed by atoms with Crippen LogP contribution in [0.3, 0.4) is 0 Å². The zero-order chi connectivity index (χ0) is 17.8. The molecule has 3 rings (SSSR count). The van der Waals surface area contributed by atoms with Crippen LogP contribution in [0.2, 0.25) is 0 Å². The van der Waals surface area contributed by atoms with Gasteiger partial charge in [-0.2, -0.15) is 5.10 Å². The minimum absolute atomic E-state index is 0.355. The molecule has 1 atom stereocenters. The lowest BCUT2D eigenvalue weighted by Crippen LogP contribution is -2.30. The van der Waals surface area contributed by atoms with Crippen LogP contribution >= 0.6 is 15.9 Å². The molecule has 2 aromatic heterocycles. The number of pyridine rings is 1. The van der Waals surface area contributed by atoms with Gasteiger partial charge in [0.2, 0.25) is 0 Å². The Labute approximate surface area is 151 Å². The van der Waals surface area contributed by atoms with Crippen molar-refractivity contribution in [1.82, 2.24) is 19.7 Å². The van der Waals surface area contributed by atoms with Gasteiger partial charge in [-0.25, -0.2) is 19.0 Å². The van der Waals surface area contributed by atoms with Gasteiger partial charge in [-0.05, 0) is 53.2 Å². The number of aromatic nitrogens is 4. The molecule has 0 bridgehead atoms. The Kier molecular flexibility index (Phi) is 5.03. The molecule has 0 saturated heterocycles. The number of rotatable bonds is 5. The normalized spacial score (nSPS) is 11.8. The van der Waals surface area contributed by atoms with Crippen molar-refractivity contribution in [3.8, 4) is 11.6 Å². The fourth-order valence-corrected chi connectivity index (χ4v) is 2.43. The van der Waals surface area contributed by atoms with E-state index in [0.29, 0.717) is 21.7 Å². The van der Waals surface area contributed by atoms with Crippen LogP contribution in [0.25, 0.3) is 5.82 Å². The minimum Gasteiger partial charge on any atom is -0.480 e. The van der Waals surface area contributed by atoms with Gasteiger partial charge in [0.25, 0.3) is 5.91 Å². The summed E-state index contributed by atoms with van der Waals surface area (Å²) in [5.41, 5.74) is 0.516. The molecule has 1 unspecified atom stereocenters. The molecule has 1 amide bonds. The zero-order valence-corrected chi connectivity index (χ0v) is 14.6. The molecule has 0 spiro atoms. The maximum absolute atomic E-state index is 13.1. The second kappa shape index (κ2) is 7.39. The Hall–Kier alpha value is -2.81. The quantitative estimate of drug-likeness (QED) is 0.705. The molecule has 0 radical (unpaired) electrons. The number of hydrogen-bond donors (Lipinski definition) is 1. The zero-order valence-electron chi connectivity index (χ0n) is 13.1. The summed E-state index contributed by atoms with van der Waals surface area (Å²) in [6.07, 6.45) is 3.66. The molecule has 9 heteroatoms. The number of anilines is 1. The van der Waals surface area contributed by atoms with E-state index in [1.807, 2.05) is 0 Å². The van der Waals surface area contributed by atoms with Crippen LogP contribution in [0.15, 0.2) is 53.7 Å². The van der Waals surface area contributed by atoms with E-state index in [9.17, 15) is 9.18 Å². The molecular formula is C16H13BrFN5O2. The Morgan fingerprint density at radius 1 is 1.36 bits per heavy atom. The van der Waals surface area contributed by atoms with Crippen LogP contribution in [0.4, 0.5) is 10.1 Å². The number of hydrogen-bond acceptors (Lipinski definition) is 5. The van der Waals surface area contributed by atoms with Gasteiger partial charge in [0.05, 0.1) is 16.4 Å². The topological polar surface area (TPSA) is 81.9 Å². The van der Waals surface area contributed by atoms with Crippen LogP contribution in [0.1, 0.15) is 6.92 Å². The summed E-state index contributed by atoms with van der Waals surface area (Å²) in [6.45, 7) is 1.60. The summed E-state index contributed by atoms with van der Waals surface area (Å²) in [5, 5.41) is 6.68. The number of benzene rings is 1. The lowest BCUT2D eigenvalue weighted by molar-refractivity contribution is -0.122. The number of halogens is 2. The summed E-state index contributed by atoms with van der Waals surface area (Å²) in [6, 6.07) is 7.39. The van der Waals surface area contributed by atoms with Gasteiger partial charge < -0.3 is 10.1 Å². The largest absolute Gasteiger partial charge is 0.480 e. The summed E-state index contributed by atoms with van der Waals surface area (Å²) < 4.78 is 20.6. The van der Waals surface area contributed by atoms with E-state index in [0.717, 1.165) is 0 Å². The number of nitrogens with zero attached hydrogens (tertiary/aromatic N) is 4. The number of nitrogens with one attached hydrogen (secondary N) is 1. The Morgan fingerprint density at radius 2 is 2.20 bits per heavy atom. The predicted octanol–water partition coefficient (Wildman–Crippen LogP) is 2.97. The van der Waals surface area contributed by atoms with E-state index in [2.05, 4.69) is 36.3 Å². The molecule has 0 saturated carbocycles. The average molecular weight is 406 g/mol. The number of amides is 1. The smallest absolute Gasteiger partial charge is 0.265 e.